The molecule has 0 radical (unpaired) electrons. The van der Waals surface area contributed by atoms with Gasteiger partial charge in [-0.1, -0.05) is 18.2 Å². The summed E-state index contributed by atoms with van der Waals surface area (Å²) >= 11 is 0. The maximum absolute atomic E-state index is 12.7. The summed E-state index contributed by atoms with van der Waals surface area (Å²) in [5.74, 6) is -0.459. The van der Waals surface area contributed by atoms with Crippen molar-refractivity contribution in [2.24, 2.45) is 5.73 Å². The summed E-state index contributed by atoms with van der Waals surface area (Å²) in [4.78, 5) is 11.4. The lowest BCUT2D eigenvalue weighted by Gasteiger charge is -2.14. The first kappa shape index (κ1) is 16.8. The second kappa shape index (κ2) is 6.70. The first-order chi connectivity index (χ1) is 10.8. The van der Waals surface area contributed by atoms with Crippen LogP contribution in [0.15, 0.2) is 47.4 Å². The standard InChI is InChI=1S/C16H18N2O4S/c1-3-22-14-9-8-11(2)10-15(14)23(20,21)18-13-7-5-4-6-12(13)16(17)19/h4-10,18H,3H2,1-2H3,(H2,17,19). The molecule has 6 nitrogen and oxygen atoms in total. The molecule has 0 aliphatic carbocycles. The van der Waals surface area contributed by atoms with Crippen molar-refractivity contribution in [3.8, 4) is 5.75 Å². The number of ether oxygens (including phenoxy) is 1. The number of para-hydroxylation sites is 1. The van der Waals surface area contributed by atoms with E-state index in [1.807, 2.05) is 0 Å². The molecule has 3 N–H and O–H groups in total. The molecule has 122 valence electrons. The fraction of sp³-hybridized carbons (Fsp3) is 0.188. The second-order valence-electron chi connectivity index (χ2n) is 4.90. The van der Waals surface area contributed by atoms with Gasteiger partial charge in [0.2, 0.25) is 0 Å². The molecule has 0 aromatic heterocycles. The summed E-state index contributed by atoms with van der Waals surface area (Å²) in [6, 6.07) is 11.0. The normalized spacial score (nSPS) is 11.0. The monoisotopic (exact) mass is 334 g/mol. The number of anilines is 1. The van der Waals surface area contributed by atoms with Crippen molar-refractivity contribution in [3.63, 3.8) is 0 Å². The molecule has 0 heterocycles. The van der Waals surface area contributed by atoms with Gasteiger partial charge in [0, 0.05) is 0 Å². The highest BCUT2D eigenvalue weighted by molar-refractivity contribution is 7.92. The number of sulfonamides is 1. The highest BCUT2D eigenvalue weighted by Gasteiger charge is 2.22. The van der Waals surface area contributed by atoms with E-state index in [1.165, 1.54) is 18.2 Å². The predicted octanol–water partition coefficient (Wildman–Crippen LogP) is 2.29. The molecule has 1 amide bonds. The lowest BCUT2D eigenvalue weighted by atomic mass is 10.2. The van der Waals surface area contributed by atoms with Gasteiger partial charge in [-0.2, -0.15) is 0 Å². The molecule has 0 aliphatic rings. The molecule has 2 aromatic carbocycles. The maximum Gasteiger partial charge on any atom is 0.265 e. The Morgan fingerprint density at radius 1 is 1.22 bits per heavy atom. The van der Waals surface area contributed by atoms with Crippen molar-refractivity contribution in [1.29, 1.82) is 0 Å². The van der Waals surface area contributed by atoms with Gasteiger partial charge in [-0.05, 0) is 43.7 Å². The van der Waals surface area contributed by atoms with Gasteiger partial charge in [0.25, 0.3) is 15.9 Å². The van der Waals surface area contributed by atoms with E-state index in [9.17, 15) is 13.2 Å². The van der Waals surface area contributed by atoms with Crippen molar-refractivity contribution in [2.45, 2.75) is 18.7 Å². The van der Waals surface area contributed by atoms with E-state index in [-0.39, 0.29) is 21.9 Å². The van der Waals surface area contributed by atoms with Crippen LogP contribution in [-0.2, 0) is 10.0 Å². The number of carbonyl (C=O) groups is 1. The Labute approximate surface area is 135 Å². The van der Waals surface area contributed by atoms with Gasteiger partial charge < -0.3 is 10.5 Å². The van der Waals surface area contributed by atoms with Crippen LogP contribution in [0.5, 0.6) is 5.75 Å². The van der Waals surface area contributed by atoms with Gasteiger partial charge in [-0.15, -0.1) is 0 Å². The first-order valence-corrected chi connectivity index (χ1v) is 8.48. The van der Waals surface area contributed by atoms with Gasteiger partial charge in [-0.25, -0.2) is 8.42 Å². The van der Waals surface area contributed by atoms with E-state index in [4.69, 9.17) is 10.5 Å². The van der Waals surface area contributed by atoms with E-state index >= 15 is 0 Å². The summed E-state index contributed by atoms with van der Waals surface area (Å²) in [6.45, 7) is 3.89. The Balaban J connectivity index is 2.48. The second-order valence-corrected chi connectivity index (χ2v) is 6.55. The average molecular weight is 334 g/mol. The van der Waals surface area contributed by atoms with E-state index in [1.54, 1.807) is 38.1 Å². The van der Waals surface area contributed by atoms with E-state index in [2.05, 4.69) is 4.72 Å². The lowest BCUT2D eigenvalue weighted by molar-refractivity contribution is 0.100. The number of nitrogens with two attached hydrogens (primary N) is 1. The molecule has 23 heavy (non-hydrogen) atoms. The van der Waals surface area contributed by atoms with Gasteiger partial charge >= 0.3 is 0 Å². The fourth-order valence-corrected chi connectivity index (χ4v) is 3.40. The van der Waals surface area contributed by atoms with E-state index < -0.39 is 15.9 Å². The third-order valence-electron chi connectivity index (χ3n) is 3.13. The van der Waals surface area contributed by atoms with Crippen molar-refractivity contribution in [3.05, 3.63) is 53.6 Å². The molecule has 2 aromatic rings. The highest BCUT2D eigenvalue weighted by atomic mass is 32.2. The van der Waals surface area contributed by atoms with Crippen LogP contribution < -0.4 is 15.2 Å². The van der Waals surface area contributed by atoms with Gasteiger partial charge in [0.05, 0.1) is 17.9 Å². The predicted molar refractivity (Wildman–Crippen MR) is 88.1 cm³/mol. The van der Waals surface area contributed by atoms with Crippen LogP contribution in [0.2, 0.25) is 0 Å². The van der Waals surface area contributed by atoms with Crippen LogP contribution in [0.4, 0.5) is 5.69 Å². The Morgan fingerprint density at radius 3 is 2.57 bits per heavy atom. The topological polar surface area (TPSA) is 98.5 Å². The van der Waals surface area contributed by atoms with Crippen LogP contribution in [-0.4, -0.2) is 20.9 Å². The van der Waals surface area contributed by atoms with Crippen molar-refractivity contribution in [2.75, 3.05) is 11.3 Å². The van der Waals surface area contributed by atoms with Crippen LogP contribution in [0.25, 0.3) is 0 Å². The number of hydrogen-bond acceptors (Lipinski definition) is 4. The molecular formula is C16H18N2O4S. The quantitative estimate of drug-likeness (QED) is 0.846. The Bertz CT molecular complexity index is 832. The third kappa shape index (κ3) is 3.81. The van der Waals surface area contributed by atoms with Crippen LogP contribution in [0.3, 0.4) is 0 Å². The Morgan fingerprint density at radius 2 is 1.91 bits per heavy atom. The van der Waals surface area contributed by atoms with Gasteiger partial charge in [-0.3, -0.25) is 9.52 Å². The number of primary amides is 1. The minimum absolute atomic E-state index is 0.0126. The minimum atomic E-state index is -3.93. The molecule has 7 heteroatoms. The SMILES string of the molecule is CCOc1ccc(C)cc1S(=O)(=O)Nc1ccccc1C(N)=O. The number of benzene rings is 2. The molecule has 0 saturated carbocycles. The number of nitrogens with one attached hydrogen (secondary N) is 1. The molecule has 0 atom stereocenters. The maximum atomic E-state index is 12.7. The summed E-state index contributed by atoms with van der Waals surface area (Å²) in [6.07, 6.45) is 0. The zero-order valence-electron chi connectivity index (χ0n) is 12.9. The van der Waals surface area contributed by atoms with E-state index in [0.717, 1.165) is 5.56 Å². The number of hydrogen-bond donors (Lipinski definition) is 2. The fourth-order valence-electron chi connectivity index (χ4n) is 2.09. The molecule has 2 rings (SSSR count). The molecule has 0 bridgehead atoms. The number of carbonyl (C=O) groups excluding carboxylic acids is 1. The number of amides is 1. The zero-order chi connectivity index (χ0) is 17.0. The van der Waals surface area contributed by atoms with Crippen molar-refractivity contribution in [1.82, 2.24) is 0 Å². The van der Waals surface area contributed by atoms with E-state index in [0.29, 0.717) is 6.61 Å². The molecule has 0 spiro atoms. The summed E-state index contributed by atoms with van der Waals surface area (Å²) in [7, 11) is -3.93. The highest BCUT2D eigenvalue weighted by Crippen LogP contribution is 2.28. The average Bonchev–Trinajstić information content (AvgIpc) is 2.49. The molecule has 0 unspecified atom stereocenters. The Kier molecular flexibility index (Phi) is 4.90. The summed E-state index contributed by atoms with van der Waals surface area (Å²) in [5, 5.41) is 0. The molecule has 0 saturated heterocycles. The van der Waals surface area contributed by atoms with Gasteiger partial charge in [0.15, 0.2) is 0 Å². The zero-order valence-corrected chi connectivity index (χ0v) is 13.7. The van der Waals surface area contributed by atoms with Crippen molar-refractivity contribution < 1.29 is 17.9 Å². The number of aryl methyl sites for hydroxylation is 1. The minimum Gasteiger partial charge on any atom is -0.492 e. The van der Waals surface area contributed by atoms with Crippen LogP contribution in [0.1, 0.15) is 22.8 Å². The van der Waals surface area contributed by atoms with Crippen LogP contribution in [0, 0.1) is 6.92 Å². The molecular weight excluding hydrogens is 316 g/mol. The lowest BCUT2D eigenvalue weighted by Crippen LogP contribution is -2.19. The molecule has 0 aliphatic heterocycles. The van der Waals surface area contributed by atoms with Crippen LogP contribution >= 0.6 is 0 Å². The smallest absolute Gasteiger partial charge is 0.265 e. The summed E-state index contributed by atoms with van der Waals surface area (Å²) in [5.41, 5.74) is 6.28. The number of rotatable bonds is 6. The largest absolute Gasteiger partial charge is 0.492 e. The third-order valence-corrected chi connectivity index (χ3v) is 4.51. The Hall–Kier alpha value is -2.54. The van der Waals surface area contributed by atoms with Gasteiger partial charge in [0.1, 0.15) is 10.6 Å². The summed E-state index contributed by atoms with van der Waals surface area (Å²) < 4.78 is 33.1. The molecule has 0 fully saturated rings. The van der Waals surface area contributed by atoms with Crippen molar-refractivity contribution >= 4 is 21.6 Å². The first-order valence-electron chi connectivity index (χ1n) is 7.00.